The molecule has 2 aromatic rings. The summed E-state index contributed by atoms with van der Waals surface area (Å²) in [6.45, 7) is 6.10. The summed E-state index contributed by atoms with van der Waals surface area (Å²) in [5, 5.41) is 36.2. The number of nitrogens with zero attached hydrogens (tertiary/aromatic N) is 2. The van der Waals surface area contributed by atoms with Crippen LogP contribution in [0.4, 0.5) is 0 Å². The van der Waals surface area contributed by atoms with Gasteiger partial charge < -0.3 is 24.5 Å². The monoisotopic (exact) mass is 560 g/mol. The average molecular weight is 563 g/mol. The smallest absolute Gasteiger partial charge is 0.550 e. The summed E-state index contributed by atoms with van der Waals surface area (Å²) in [6, 6.07) is 11.2. The fraction of sp³-hybridized carbons (Fsp3) is 0.273. The molecular formula is C22H19Cl3N2O5Zn. The van der Waals surface area contributed by atoms with Crippen LogP contribution in [0.2, 0.25) is 15.1 Å². The third-order valence-electron chi connectivity index (χ3n) is 3.78. The maximum Gasteiger partial charge on any atom is 2.00 e. The second-order valence-electron chi connectivity index (χ2n) is 6.18. The molecule has 0 aliphatic heterocycles. The van der Waals surface area contributed by atoms with Gasteiger partial charge in [0.1, 0.15) is 27.9 Å². The molecule has 2 rings (SSSR count). The molecule has 0 amide bonds. The van der Waals surface area contributed by atoms with Crippen LogP contribution < -0.4 is 14.9 Å². The van der Waals surface area contributed by atoms with Crippen molar-refractivity contribution in [2.75, 3.05) is 0 Å². The zero-order valence-corrected chi connectivity index (χ0v) is 23.6. The number of rotatable bonds is 4. The van der Waals surface area contributed by atoms with Crippen molar-refractivity contribution in [1.82, 2.24) is 0 Å². The summed E-state index contributed by atoms with van der Waals surface area (Å²) in [6.07, 6.45) is 0.930. The molecule has 33 heavy (non-hydrogen) atoms. The van der Waals surface area contributed by atoms with Crippen molar-refractivity contribution in [3.8, 4) is 23.6 Å². The van der Waals surface area contributed by atoms with E-state index in [2.05, 4.69) is 13.8 Å². The van der Waals surface area contributed by atoms with Gasteiger partial charge in [0.25, 0.3) is 0 Å². The van der Waals surface area contributed by atoms with Gasteiger partial charge in [0.05, 0.1) is 16.1 Å². The molecule has 0 bridgehead atoms. The summed E-state index contributed by atoms with van der Waals surface area (Å²) in [4.78, 5) is 17.8. The predicted molar refractivity (Wildman–Crippen MR) is 117 cm³/mol. The van der Waals surface area contributed by atoms with E-state index in [4.69, 9.17) is 64.6 Å². The number of para-hydroxylation sites is 1. The van der Waals surface area contributed by atoms with Gasteiger partial charge in [-0.05, 0) is 37.8 Å². The van der Waals surface area contributed by atoms with Crippen molar-refractivity contribution >= 4 is 46.7 Å². The van der Waals surface area contributed by atoms with Gasteiger partial charge in [0.2, 0.25) is 0 Å². The van der Waals surface area contributed by atoms with Crippen LogP contribution >= 0.6 is 34.8 Å². The zero-order chi connectivity index (χ0) is 25.0. The maximum atomic E-state index is 9.27. The quantitative estimate of drug-likeness (QED) is 0.402. The Morgan fingerprint density at radius 3 is 1.82 bits per heavy atom. The van der Waals surface area contributed by atoms with E-state index in [-0.39, 0.29) is 57.3 Å². The topological polar surface area (TPSA) is 137 Å². The first-order valence-electron chi connectivity index (χ1n) is 9.05. The molecule has 170 valence electrons. The molecule has 0 spiro atoms. The van der Waals surface area contributed by atoms with Gasteiger partial charge in [-0.2, -0.15) is 10.5 Å². The summed E-state index contributed by atoms with van der Waals surface area (Å²) >= 11 is 18.6. The fourth-order valence-electron chi connectivity index (χ4n) is 2.25. The molecule has 11 heteroatoms. The first-order chi connectivity index (χ1) is 14.9. The van der Waals surface area contributed by atoms with Crippen LogP contribution in [0.5, 0.6) is 11.5 Å². The molecule has 2 aromatic carbocycles. The largest absolute Gasteiger partial charge is 2.00 e. The van der Waals surface area contributed by atoms with Crippen molar-refractivity contribution in [3.05, 3.63) is 56.0 Å². The van der Waals surface area contributed by atoms with E-state index in [0.29, 0.717) is 5.75 Å². The Balaban J connectivity index is 0. The van der Waals surface area contributed by atoms with Gasteiger partial charge in [0.15, 0.2) is 5.75 Å². The second-order valence-corrected chi connectivity index (χ2v) is 7.31. The number of carboxylic acids is 2. The minimum Gasteiger partial charge on any atom is -0.550 e. The number of halogens is 3. The molecule has 0 saturated heterocycles. The Morgan fingerprint density at radius 2 is 1.39 bits per heavy atom. The van der Waals surface area contributed by atoms with Gasteiger partial charge >= 0.3 is 19.5 Å². The van der Waals surface area contributed by atoms with Crippen LogP contribution in [0.15, 0.2) is 24.3 Å². The van der Waals surface area contributed by atoms with Gasteiger partial charge in [0, 0.05) is 11.9 Å². The molecule has 0 heterocycles. The first-order valence-corrected chi connectivity index (χ1v) is 10.2. The fourth-order valence-corrected chi connectivity index (χ4v) is 3.02. The normalized spacial score (nSPS) is 9.85. The van der Waals surface area contributed by atoms with Crippen LogP contribution in [-0.2, 0) is 29.1 Å². The summed E-state index contributed by atoms with van der Waals surface area (Å²) in [5.74, 6) is -1.24. The van der Waals surface area contributed by atoms with E-state index >= 15 is 0 Å². The van der Waals surface area contributed by atoms with E-state index in [0.717, 1.165) is 25.8 Å². The minimum absolute atomic E-state index is 0. The van der Waals surface area contributed by atoms with Gasteiger partial charge in [-0.15, -0.1) is 0 Å². The average Bonchev–Trinajstić information content (AvgIpc) is 2.72. The number of hydrogen-bond donors (Lipinski definition) is 0. The molecule has 0 radical (unpaired) electrons. The molecule has 0 aromatic heterocycles. The van der Waals surface area contributed by atoms with Crippen LogP contribution in [0.3, 0.4) is 0 Å². The minimum atomic E-state index is -1.08. The van der Waals surface area contributed by atoms with Gasteiger partial charge in [-0.1, -0.05) is 66.8 Å². The van der Waals surface area contributed by atoms with E-state index in [9.17, 15) is 5.26 Å². The number of carbonyl (C=O) groups is 2. The van der Waals surface area contributed by atoms with Crippen LogP contribution in [0, 0.1) is 22.7 Å². The Kier molecular flexibility index (Phi) is 16.2. The number of ether oxygens (including phenoxy) is 1. The molecule has 0 N–H and O–H groups in total. The van der Waals surface area contributed by atoms with Crippen molar-refractivity contribution in [2.24, 2.45) is 0 Å². The molecule has 0 aliphatic carbocycles. The summed E-state index contributed by atoms with van der Waals surface area (Å²) in [5.41, 5.74) is 0.882. The molecule has 0 aliphatic rings. The molecule has 1 unspecified atom stereocenters. The number of nitriles is 2. The molecule has 0 fully saturated rings. The van der Waals surface area contributed by atoms with Crippen LogP contribution in [-0.4, -0.2) is 11.9 Å². The second kappa shape index (κ2) is 16.3. The number of benzene rings is 2. The molecule has 1 atom stereocenters. The van der Waals surface area contributed by atoms with Gasteiger partial charge in [-0.3, -0.25) is 0 Å². The first kappa shape index (κ1) is 32.8. The SMILES string of the molecule is CC(=O)[O-].CC(=O)[O-].CCC(C)c1ccccc1Oc1c(Cl)c(Cl)c(C#N)c(C#N)c1Cl.[Zn+2]. The standard InChI is InChI=1S/C18H13Cl3N2O.2C2H4O2.Zn/c1-3-10(2)11-6-4-5-7-14(11)24-18-16(20)13(9-23)12(8-22)15(19)17(18)21;2*1-2(3)4;/h4-7,10H,3H2,1-2H3;2*1H3,(H,3,4);/q;;;+2/p-2. The Labute approximate surface area is 220 Å². The summed E-state index contributed by atoms with van der Waals surface area (Å²) < 4.78 is 5.91. The Hall–Kier alpha value is -2.35. The van der Waals surface area contributed by atoms with Crippen molar-refractivity contribution in [3.63, 3.8) is 0 Å². The third-order valence-corrected chi connectivity index (χ3v) is 4.97. The molecule has 7 nitrogen and oxygen atoms in total. The van der Waals surface area contributed by atoms with Crippen LogP contribution in [0.25, 0.3) is 0 Å². The van der Waals surface area contributed by atoms with Crippen molar-refractivity contribution in [1.29, 1.82) is 10.5 Å². The third kappa shape index (κ3) is 10.4. The zero-order valence-electron chi connectivity index (χ0n) is 18.4. The number of aliphatic carboxylic acids is 2. The van der Waals surface area contributed by atoms with E-state index in [1.54, 1.807) is 6.07 Å². The van der Waals surface area contributed by atoms with Crippen LogP contribution in [0.1, 0.15) is 56.7 Å². The summed E-state index contributed by atoms with van der Waals surface area (Å²) in [7, 11) is 0. The van der Waals surface area contributed by atoms with Gasteiger partial charge in [-0.25, -0.2) is 0 Å². The Bertz CT molecular complexity index is 1050. The predicted octanol–water partition coefficient (Wildman–Crippen LogP) is 4.21. The molecule has 0 saturated carbocycles. The number of hydrogen-bond acceptors (Lipinski definition) is 7. The number of carboxylic acid groups (broad SMARTS) is 2. The van der Waals surface area contributed by atoms with E-state index < -0.39 is 11.9 Å². The maximum absolute atomic E-state index is 9.27. The van der Waals surface area contributed by atoms with Crippen molar-refractivity contribution in [2.45, 2.75) is 40.0 Å². The van der Waals surface area contributed by atoms with E-state index in [1.165, 1.54) is 0 Å². The number of carbonyl (C=O) groups excluding carboxylic acids is 2. The Morgan fingerprint density at radius 1 is 0.970 bits per heavy atom. The van der Waals surface area contributed by atoms with Crippen molar-refractivity contribution < 1.29 is 44.0 Å². The van der Waals surface area contributed by atoms with E-state index in [1.807, 2.05) is 30.3 Å². The molecular weight excluding hydrogens is 544 g/mol.